The molecule has 0 saturated heterocycles. The zero-order valence-corrected chi connectivity index (χ0v) is 18.1. The highest BCUT2D eigenvalue weighted by atomic mass is 32.1. The summed E-state index contributed by atoms with van der Waals surface area (Å²) in [6.45, 7) is 5.86. The minimum absolute atomic E-state index is 0.244. The standard InChI is InChI=1S/C24H22N2O3S/c1-14-10-11-18(12-15(14)2)19-13-30-22-20(19)23(27)26(16(3)25-22)21(24(28)29-4)17-8-6-5-7-9-17/h5-13,21H,1-4H3. The number of esters is 1. The second-order valence-electron chi connectivity index (χ2n) is 7.30. The molecule has 0 aliphatic rings. The van der Waals surface area contributed by atoms with Crippen molar-refractivity contribution in [3.8, 4) is 11.1 Å². The molecule has 0 spiro atoms. The van der Waals surface area contributed by atoms with Gasteiger partial charge in [0, 0.05) is 10.9 Å². The van der Waals surface area contributed by atoms with Crippen LogP contribution in [0.5, 0.6) is 0 Å². The van der Waals surface area contributed by atoms with Crippen molar-refractivity contribution in [3.63, 3.8) is 0 Å². The smallest absolute Gasteiger partial charge is 0.333 e. The van der Waals surface area contributed by atoms with Crippen LogP contribution in [0.2, 0.25) is 0 Å². The van der Waals surface area contributed by atoms with Crippen molar-refractivity contribution in [2.45, 2.75) is 26.8 Å². The highest BCUT2D eigenvalue weighted by molar-refractivity contribution is 7.17. The Morgan fingerprint density at radius 1 is 1.07 bits per heavy atom. The summed E-state index contributed by atoms with van der Waals surface area (Å²) < 4.78 is 6.49. The van der Waals surface area contributed by atoms with E-state index in [1.54, 1.807) is 6.92 Å². The average molecular weight is 419 g/mol. The van der Waals surface area contributed by atoms with E-state index in [0.29, 0.717) is 21.6 Å². The zero-order chi connectivity index (χ0) is 21.4. The number of aryl methyl sites for hydroxylation is 3. The van der Waals surface area contributed by atoms with Gasteiger partial charge in [-0.05, 0) is 43.0 Å². The first-order valence-corrected chi connectivity index (χ1v) is 10.5. The Morgan fingerprint density at radius 2 is 1.80 bits per heavy atom. The van der Waals surface area contributed by atoms with Crippen LogP contribution in [0.25, 0.3) is 21.3 Å². The molecule has 5 nitrogen and oxygen atoms in total. The number of thiophene rings is 1. The SMILES string of the molecule is COC(=O)C(c1ccccc1)n1c(C)nc2scc(-c3ccc(C)c(C)c3)c2c1=O. The van der Waals surface area contributed by atoms with Crippen LogP contribution in [0.1, 0.15) is 28.6 Å². The number of carbonyl (C=O) groups excluding carboxylic acids is 1. The second kappa shape index (κ2) is 7.88. The largest absolute Gasteiger partial charge is 0.467 e. The molecule has 0 aliphatic carbocycles. The number of hydrogen-bond acceptors (Lipinski definition) is 5. The normalized spacial score (nSPS) is 12.1. The maximum Gasteiger partial charge on any atom is 0.333 e. The topological polar surface area (TPSA) is 61.2 Å². The van der Waals surface area contributed by atoms with Crippen molar-refractivity contribution in [1.29, 1.82) is 0 Å². The fourth-order valence-corrected chi connectivity index (χ4v) is 4.65. The van der Waals surface area contributed by atoms with Crippen molar-refractivity contribution in [3.05, 3.63) is 86.8 Å². The molecule has 0 fully saturated rings. The third-order valence-electron chi connectivity index (χ3n) is 5.43. The van der Waals surface area contributed by atoms with Gasteiger partial charge in [-0.2, -0.15) is 0 Å². The summed E-state index contributed by atoms with van der Waals surface area (Å²) in [6.07, 6.45) is 0. The van der Waals surface area contributed by atoms with E-state index in [1.807, 2.05) is 41.8 Å². The van der Waals surface area contributed by atoms with E-state index >= 15 is 0 Å². The van der Waals surface area contributed by atoms with Gasteiger partial charge in [0.05, 0.1) is 12.5 Å². The number of nitrogens with zero attached hydrogens (tertiary/aromatic N) is 2. The van der Waals surface area contributed by atoms with Gasteiger partial charge in [-0.3, -0.25) is 9.36 Å². The summed E-state index contributed by atoms with van der Waals surface area (Å²) in [5, 5.41) is 2.49. The molecular formula is C24H22N2O3S. The summed E-state index contributed by atoms with van der Waals surface area (Å²) in [7, 11) is 1.33. The minimum Gasteiger partial charge on any atom is -0.467 e. The number of benzene rings is 2. The Balaban J connectivity index is 2.00. The maximum atomic E-state index is 13.7. The highest BCUT2D eigenvalue weighted by Gasteiger charge is 2.28. The molecule has 6 heteroatoms. The summed E-state index contributed by atoms with van der Waals surface area (Å²) in [4.78, 5) is 31.8. The first-order valence-electron chi connectivity index (χ1n) is 9.63. The third kappa shape index (κ3) is 3.33. The van der Waals surface area contributed by atoms with Crippen molar-refractivity contribution in [1.82, 2.24) is 9.55 Å². The molecule has 4 aromatic rings. The fraction of sp³-hybridized carbons (Fsp3) is 0.208. The number of ether oxygens (including phenoxy) is 1. The Kier molecular flexibility index (Phi) is 5.26. The van der Waals surface area contributed by atoms with E-state index in [1.165, 1.54) is 28.6 Å². The van der Waals surface area contributed by atoms with Crippen LogP contribution in [0.15, 0.2) is 58.7 Å². The average Bonchev–Trinajstić information content (AvgIpc) is 3.17. The van der Waals surface area contributed by atoms with E-state index in [9.17, 15) is 9.59 Å². The fourth-order valence-electron chi connectivity index (χ4n) is 3.67. The van der Waals surface area contributed by atoms with E-state index in [-0.39, 0.29) is 5.56 Å². The second-order valence-corrected chi connectivity index (χ2v) is 8.16. The number of fused-ring (bicyclic) bond motifs is 1. The number of methoxy groups -OCH3 is 1. The molecule has 1 atom stereocenters. The monoisotopic (exact) mass is 418 g/mol. The summed E-state index contributed by atoms with van der Waals surface area (Å²) in [5.74, 6) is -0.0317. The number of aromatic nitrogens is 2. The maximum absolute atomic E-state index is 13.7. The van der Waals surface area contributed by atoms with Gasteiger partial charge in [-0.25, -0.2) is 9.78 Å². The Hall–Kier alpha value is -3.25. The van der Waals surface area contributed by atoms with Crippen molar-refractivity contribution < 1.29 is 9.53 Å². The van der Waals surface area contributed by atoms with Gasteiger partial charge in [-0.1, -0.05) is 48.5 Å². The first kappa shape index (κ1) is 20.0. The molecule has 30 heavy (non-hydrogen) atoms. The molecule has 2 aromatic heterocycles. The lowest BCUT2D eigenvalue weighted by atomic mass is 10.0. The van der Waals surface area contributed by atoms with Gasteiger partial charge in [0.1, 0.15) is 10.7 Å². The molecule has 0 bridgehead atoms. The quantitative estimate of drug-likeness (QED) is 0.446. The molecule has 1 unspecified atom stereocenters. The van der Waals surface area contributed by atoms with Gasteiger partial charge < -0.3 is 4.74 Å². The Bertz CT molecular complexity index is 1310. The van der Waals surface area contributed by atoms with Crippen LogP contribution in [0.3, 0.4) is 0 Å². The lowest BCUT2D eigenvalue weighted by Gasteiger charge is -2.20. The molecule has 2 aromatic carbocycles. The summed E-state index contributed by atoms with van der Waals surface area (Å²) >= 11 is 1.44. The van der Waals surface area contributed by atoms with E-state index in [4.69, 9.17) is 4.74 Å². The van der Waals surface area contributed by atoms with Crippen molar-refractivity contribution in [2.24, 2.45) is 0 Å². The molecule has 4 rings (SSSR count). The number of rotatable bonds is 4. The highest BCUT2D eigenvalue weighted by Crippen LogP contribution is 2.33. The van der Waals surface area contributed by atoms with Crippen LogP contribution < -0.4 is 5.56 Å². The van der Waals surface area contributed by atoms with Crippen LogP contribution >= 0.6 is 11.3 Å². The molecule has 0 aliphatic heterocycles. The van der Waals surface area contributed by atoms with E-state index in [2.05, 4.69) is 31.0 Å². The zero-order valence-electron chi connectivity index (χ0n) is 17.3. The van der Waals surface area contributed by atoms with Crippen LogP contribution in [0, 0.1) is 20.8 Å². The minimum atomic E-state index is -0.895. The van der Waals surface area contributed by atoms with Crippen LogP contribution in [0.4, 0.5) is 0 Å². The Labute approximate surface area is 178 Å². The molecule has 0 saturated carbocycles. The van der Waals surface area contributed by atoms with Crippen molar-refractivity contribution in [2.75, 3.05) is 7.11 Å². The molecular weight excluding hydrogens is 396 g/mol. The predicted molar refractivity (Wildman–Crippen MR) is 120 cm³/mol. The van der Waals surface area contributed by atoms with Gasteiger partial charge in [-0.15, -0.1) is 11.3 Å². The predicted octanol–water partition coefficient (Wildman–Crippen LogP) is 4.81. The Morgan fingerprint density at radius 3 is 2.47 bits per heavy atom. The van der Waals surface area contributed by atoms with Gasteiger partial charge >= 0.3 is 5.97 Å². The third-order valence-corrected chi connectivity index (χ3v) is 6.30. The molecule has 0 radical (unpaired) electrons. The van der Waals surface area contributed by atoms with Crippen LogP contribution in [-0.2, 0) is 9.53 Å². The van der Waals surface area contributed by atoms with E-state index < -0.39 is 12.0 Å². The number of carbonyl (C=O) groups is 1. The van der Waals surface area contributed by atoms with Gasteiger partial charge in [0.25, 0.3) is 5.56 Å². The summed E-state index contributed by atoms with van der Waals surface area (Å²) in [6, 6.07) is 14.4. The molecule has 0 N–H and O–H groups in total. The number of hydrogen-bond donors (Lipinski definition) is 0. The lowest BCUT2D eigenvalue weighted by molar-refractivity contribution is -0.143. The molecule has 0 amide bonds. The van der Waals surface area contributed by atoms with Crippen molar-refractivity contribution >= 4 is 27.5 Å². The lowest BCUT2D eigenvalue weighted by Crippen LogP contribution is -2.33. The molecule has 152 valence electrons. The molecule has 2 heterocycles. The van der Waals surface area contributed by atoms with Gasteiger partial charge in [0.2, 0.25) is 0 Å². The first-order chi connectivity index (χ1) is 14.4. The summed E-state index contributed by atoms with van der Waals surface area (Å²) in [5.41, 5.74) is 4.59. The van der Waals surface area contributed by atoms with Crippen LogP contribution in [-0.4, -0.2) is 22.6 Å². The van der Waals surface area contributed by atoms with E-state index in [0.717, 1.165) is 16.7 Å². The van der Waals surface area contributed by atoms with Gasteiger partial charge in [0.15, 0.2) is 6.04 Å².